The maximum absolute atomic E-state index is 10.9. The van der Waals surface area contributed by atoms with Crippen molar-refractivity contribution in [3.63, 3.8) is 0 Å². The monoisotopic (exact) mass is 419 g/mol. The quantitative estimate of drug-likeness (QED) is 0.445. The van der Waals surface area contributed by atoms with Crippen LogP contribution in [0.4, 0.5) is 11.4 Å². The Bertz CT molecular complexity index is 1040. The van der Waals surface area contributed by atoms with Crippen molar-refractivity contribution in [3.8, 4) is 5.88 Å². The van der Waals surface area contributed by atoms with Crippen molar-refractivity contribution in [1.29, 1.82) is 0 Å². The average Bonchev–Trinajstić information content (AvgIpc) is 2.84. The van der Waals surface area contributed by atoms with Gasteiger partial charge in [-0.05, 0) is 41.8 Å². The molecule has 7 heteroatoms. The first-order chi connectivity index (χ1) is 13.0. The van der Waals surface area contributed by atoms with E-state index in [4.69, 9.17) is 23.2 Å². The molecule has 0 aliphatic carbocycles. The Morgan fingerprint density at radius 1 is 1.11 bits per heavy atom. The van der Waals surface area contributed by atoms with Gasteiger partial charge in [0.25, 0.3) is 0 Å². The summed E-state index contributed by atoms with van der Waals surface area (Å²) in [4.78, 5) is 0. The molecule has 0 saturated carbocycles. The average molecular weight is 420 g/mol. The summed E-state index contributed by atoms with van der Waals surface area (Å²) < 4.78 is 1.98. The van der Waals surface area contributed by atoms with Gasteiger partial charge in [-0.25, -0.2) is 0 Å². The molecule has 4 rings (SSSR count). The van der Waals surface area contributed by atoms with Gasteiger partial charge in [-0.1, -0.05) is 43.1 Å². The third kappa shape index (κ3) is 3.44. The van der Waals surface area contributed by atoms with E-state index in [-0.39, 0.29) is 11.9 Å². The summed E-state index contributed by atoms with van der Waals surface area (Å²) in [6.07, 6.45) is 0. The van der Waals surface area contributed by atoms with Crippen molar-refractivity contribution >= 4 is 57.2 Å². The molecule has 0 bridgehead atoms. The van der Waals surface area contributed by atoms with Gasteiger partial charge in [0, 0.05) is 21.9 Å². The van der Waals surface area contributed by atoms with Crippen LogP contribution >= 0.6 is 35.0 Å². The first-order valence-corrected chi connectivity index (χ1v) is 10.7. The van der Waals surface area contributed by atoms with E-state index < -0.39 is 0 Å². The van der Waals surface area contributed by atoms with E-state index in [1.165, 1.54) is 5.56 Å². The molecule has 140 valence electrons. The van der Waals surface area contributed by atoms with Crippen LogP contribution in [0.5, 0.6) is 5.88 Å². The number of azo groups is 1. The van der Waals surface area contributed by atoms with Crippen molar-refractivity contribution in [2.45, 2.75) is 25.8 Å². The van der Waals surface area contributed by atoms with Gasteiger partial charge < -0.3 is 9.67 Å². The fourth-order valence-electron chi connectivity index (χ4n) is 3.17. The lowest BCUT2D eigenvalue weighted by Gasteiger charge is -2.27. The molecule has 4 nitrogen and oxygen atoms in total. The number of hydrogen-bond donors (Lipinski definition) is 1. The molecule has 0 radical (unpaired) electrons. The predicted octanol–water partition coefficient (Wildman–Crippen LogP) is 7.48. The molecule has 27 heavy (non-hydrogen) atoms. The molecule has 1 aliphatic heterocycles. The van der Waals surface area contributed by atoms with Crippen LogP contribution < -0.4 is 0 Å². The van der Waals surface area contributed by atoms with Gasteiger partial charge in [-0.2, -0.15) is 11.8 Å². The summed E-state index contributed by atoms with van der Waals surface area (Å²) in [5, 5.41) is 21.4. The Morgan fingerprint density at radius 2 is 1.89 bits per heavy atom. The number of benzene rings is 2. The topological polar surface area (TPSA) is 49.9 Å². The third-order valence-electron chi connectivity index (χ3n) is 4.80. The minimum Gasteiger partial charge on any atom is -0.493 e. The highest BCUT2D eigenvalue weighted by Gasteiger charge is 2.27. The number of aromatic nitrogens is 1. The molecular weight excluding hydrogens is 401 g/mol. The largest absolute Gasteiger partial charge is 0.493 e. The molecule has 1 fully saturated rings. The number of halogens is 2. The Labute approximate surface area is 172 Å². The summed E-state index contributed by atoms with van der Waals surface area (Å²) in [6, 6.07) is 11.6. The second-order valence-corrected chi connectivity index (χ2v) is 8.88. The van der Waals surface area contributed by atoms with E-state index in [0.29, 0.717) is 27.3 Å². The fourth-order valence-corrected chi connectivity index (χ4v) is 4.36. The SMILES string of the molecule is CC(C)c1ccc2c(c1)c(N=Nc1ccc(Cl)cc1Cl)c(O)n2C1CSC1. The zero-order valence-corrected chi connectivity index (χ0v) is 17.3. The van der Waals surface area contributed by atoms with E-state index in [1.54, 1.807) is 18.2 Å². The van der Waals surface area contributed by atoms with Crippen LogP contribution in [0.25, 0.3) is 10.9 Å². The van der Waals surface area contributed by atoms with Gasteiger partial charge in [-0.3, -0.25) is 0 Å². The number of aromatic hydroxyl groups is 1. The smallest absolute Gasteiger partial charge is 0.221 e. The second-order valence-electron chi connectivity index (χ2n) is 6.96. The first-order valence-electron chi connectivity index (χ1n) is 8.77. The summed E-state index contributed by atoms with van der Waals surface area (Å²) >= 11 is 14.0. The standard InChI is InChI=1S/C20H19Cl2N3OS/c1-11(2)12-3-6-18-15(7-12)19(20(26)25(18)14-9-27-10-14)24-23-17-5-4-13(21)8-16(17)22/h3-8,11,14,26H,9-10H2,1-2H3. The van der Waals surface area contributed by atoms with Crippen LogP contribution in [-0.4, -0.2) is 21.2 Å². The summed E-state index contributed by atoms with van der Waals surface area (Å²) in [6.45, 7) is 4.30. The first kappa shape index (κ1) is 18.7. The third-order valence-corrected chi connectivity index (χ3v) is 6.57. The van der Waals surface area contributed by atoms with Crippen molar-refractivity contribution < 1.29 is 5.11 Å². The molecule has 1 saturated heterocycles. The number of nitrogens with zero attached hydrogens (tertiary/aromatic N) is 3. The van der Waals surface area contributed by atoms with Gasteiger partial charge in [0.15, 0.2) is 5.69 Å². The molecule has 2 heterocycles. The molecule has 0 spiro atoms. The van der Waals surface area contributed by atoms with E-state index in [1.807, 2.05) is 16.3 Å². The highest BCUT2D eigenvalue weighted by atomic mass is 35.5. The molecule has 0 amide bonds. The molecule has 0 atom stereocenters. The minimum absolute atomic E-state index is 0.157. The van der Waals surface area contributed by atoms with Gasteiger partial charge in [0.1, 0.15) is 5.69 Å². The van der Waals surface area contributed by atoms with Gasteiger partial charge in [0.05, 0.1) is 16.6 Å². The number of hydrogen-bond acceptors (Lipinski definition) is 4. The number of thioether (sulfide) groups is 1. The van der Waals surface area contributed by atoms with Crippen molar-refractivity contribution in [3.05, 3.63) is 52.0 Å². The zero-order chi connectivity index (χ0) is 19.1. The molecule has 2 aromatic carbocycles. The minimum atomic E-state index is 0.157. The summed E-state index contributed by atoms with van der Waals surface area (Å²) in [7, 11) is 0. The lowest BCUT2D eigenvalue weighted by Crippen LogP contribution is -2.22. The zero-order valence-electron chi connectivity index (χ0n) is 15.0. The van der Waals surface area contributed by atoms with Crippen molar-refractivity contribution in [1.82, 2.24) is 4.57 Å². The maximum atomic E-state index is 10.9. The van der Waals surface area contributed by atoms with E-state index in [2.05, 4.69) is 42.3 Å². The Hall–Kier alpha value is -1.69. The van der Waals surface area contributed by atoms with Gasteiger partial charge >= 0.3 is 0 Å². The normalized spacial score (nSPS) is 15.1. The van der Waals surface area contributed by atoms with Crippen molar-refractivity contribution in [2.75, 3.05) is 11.5 Å². The van der Waals surface area contributed by atoms with E-state index >= 15 is 0 Å². The van der Waals surface area contributed by atoms with E-state index in [9.17, 15) is 5.11 Å². The van der Waals surface area contributed by atoms with E-state index in [0.717, 1.165) is 22.4 Å². The second kappa shape index (κ2) is 7.38. The fraction of sp³-hybridized carbons (Fsp3) is 0.300. The molecule has 1 N–H and O–H groups in total. The number of fused-ring (bicyclic) bond motifs is 1. The van der Waals surface area contributed by atoms with Crippen LogP contribution in [-0.2, 0) is 0 Å². The van der Waals surface area contributed by atoms with Crippen LogP contribution in [0.3, 0.4) is 0 Å². The van der Waals surface area contributed by atoms with Crippen LogP contribution in [0.2, 0.25) is 10.0 Å². The van der Waals surface area contributed by atoms with Gasteiger partial charge in [-0.15, -0.1) is 10.2 Å². The Morgan fingerprint density at radius 3 is 2.52 bits per heavy atom. The molecule has 1 aliphatic rings. The van der Waals surface area contributed by atoms with Crippen LogP contribution in [0.15, 0.2) is 46.6 Å². The van der Waals surface area contributed by atoms with Crippen molar-refractivity contribution in [2.24, 2.45) is 10.2 Å². The number of rotatable bonds is 4. The molecule has 0 unspecified atom stereocenters. The summed E-state index contributed by atoms with van der Waals surface area (Å²) in [5.41, 5.74) is 3.18. The maximum Gasteiger partial charge on any atom is 0.221 e. The Balaban J connectivity index is 1.86. The highest BCUT2D eigenvalue weighted by molar-refractivity contribution is 8.00. The molecule has 1 aromatic heterocycles. The lowest BCUT2D eigenvalue weighted by atomic mass is 10.0. The van der Waals surface area contributed by atoms with Crippen LogP contribution in [0.1, 0.15) is 31.4 Å². The van der Waals surface area contributed by atoms with Crippen LogP contribution in [0, 0.1) is 0 Å². The summed E-state index contributed by atoms with van der Waals surface area (Å²) in [5.74, 6) is 2.52. The lowest BCUT2D eigenvalue weighted by molar-refractivity contribution is 0.406. The Kier molecular flexibility index (Phi) is 5.10. The molecular formula is C20H19Cl2N3OS. The van der Waals surface area contributed by atoms with Gasteiger partial charge in [0.2, 0.25) is 5.88 Å². The predicted molar refractivity (Wildman–Crippen MR) is 115 cm³/mol. The highest BCUT2D eigenvalue weighted by Crippen LogP contribution is 2.46. The molecule has 3 aromatic rings.